The molecule has 9 heavy (non-hydrogen) atoms. The van der Waals surface area contributed by atoms with E-state index < -0.39 is 0 Å². The van der Waals surface area contributed by atoms with Crippen molar-refractivity contribution in [2.75, 3.05) is 24.7 Å². The Morgan fingerprint density at radius 1 is 1.67 bits per heavy atom. The first-order valence-corrected chi connectivity index (χ1v) is 2.59. The van der Waals surface area contributed by atoms with Gasteiger partial charge in [-0.2, -0.15) is 4.98 Å². The second-order valence-corrected chi connectivity index (χ2v) is 1.94. The summed E-state index contributed by atoms with van der Waals surface area (Å²) in [7, 11) is 3.68. The van der Waals surface area contributed by atoms with Crippen LogP contribution >= 0.6 is 0 Å². The smallest absolute Gasteiger partial charge is 0.298 e. The van der Waals surface area contributed by atoms with Crippen molar-refractivity contribution >= 4 is 11.9 Å². The molecule has 4 nitrogen and oxygen atoms in total. The fourth-order valence-corrected chi connectivity index (χ4v) is 0.484. The number of oxazole rings is 1. The van der Waals surface area contributed by atoms with Crippen molar-refractivity contribution in [1.82, 2.24) is 4.98 Å². The number of anilines is 2. The zero-order valence-corrected chi connectivity index (χ0v) is 5.46. The Kier molecular flexibility index (Phi) is 1.30. The monoisotopic (exact) mass is 127 g/mol. The molecule has 1 aromatic rings. The van der Waals surface area contributed by atoms with Crippen molar-refractivity contribution < 1.29 is 4.42 Å². The van der Waals surface area contributed by atoms with Gasteiger partial charge in [0.1, 0.15) is 0 Å². The summed E-state index contributed by atoms with van der Waals surface area (Å²) in [6.45, 7) is 0. The zero-order valence-electron chi connectivity index (χ0n) is 5.46. The van der Waals surface area contributed by atoms with Crippen LogP contribution in [0.1, 0.15) is 0 Å². The van der Waals surface area contributed by atoms with Crippen molar-refractivity contribution in [1.29, 1.82) is 0 Å². The molecule has 0 amide bonds. The van der Waals surface area contributed by atoms with Crippen molar-refractivity contribution in [3.05, 3.63) is 6.20 Å². The van der Waals surface area contributed by atoms with Gasteiger partial charge >= 0.3 is 0 Å². The highest BCUT2D eigenvalue weighted by Crippen LogP contribution is 2.11. The van der Waals surface area contributed by atoms with Crippen molar-refractivity contribution in [3.63, 3.8) is 0 Å². The number of hydrogen-bond acceptors (Lipinski definition) is 4. The van der Waals surface area contributed by atoms with E-state index in [9.17, 15) is 0 Å². The summed E-state index contributed by atoms with van der Waals surface area (Å²) in [6.07, 6.45) is 1.48. The molecule has 0 saturated heterocycles. The average molecular weight is 127 g/mol. The minimum atomic E-state index is 0.346. The molecule has 0 aliphatic rings. The lowest BCUT2D eigenvalue weighted by Gasteiger charge is -2.03. The van der Waals surface area contributed by atoms with E-state index in [1.807, 2.05) is 14.1 Å². The van der Waals surface area contributed by atoms with Crippen molar-refractivity contribution in [3.8, 4) is 0 Å². The summed E-state index contributed by atoms with van der Waals surface area (Å²) in [6, 6.07) is 0.535. The summed E-state index contributed by atoms with van der Waals surface area (Å²) < 4.78 is 4.94. The van der Waals surface area contributed by atoms with Crippen LogP contribution in [0.25, 0.3) is 0 Å². The number of aromatic nitrogens is 1. The van der Waals surface area contributed by atoms with E-state index in [4.69, 9.17) is 10.2 Å². The van der Waals surface area contributed by atoms with Crippen LogP contribution < -0.4 is 10.6 Å². The van der Waals surface area contributed by atoms with Gasteiger partial charge in [-0.25, -0.2) is 0 Å². The summed E-state index contributed by atoms with van der Waals surface area (Å²) >= 11 is 0. The van der Waals surface area contributed by atoms with E-state index in [-0.39, 0.29) is 0 Å². The van der Waals surface area contributed by atoms with Gasteiger partial charge in [-0.1, -0.05) is 0 Å². The maximum atomic E-state index is 5.26. The number of nitrogens with zero attached hydrogens (tertiary/aromatic N) is 2. The quantitative estimate of drug-likeness (QED) is 0.590. The molecule has 0 aliphatic carbocycles. The van der Waals surface area contributed by atoms with Crippen LogP contribution in [0.5, 0.6) is 0 Å². The fraction of sp³-hybridized carbons (Fsp3) is 0.400. The Morgan fingerprint density at radius 2 is 2.33 bits per heavy atom. The normalized spacial score (nSPS) is 9.56. The number of nitrogen functional groups attached to an aromatic ring is 1. The predicted molar refractivity (Wildman–Crippen MR) is 35.2 cm³/mol. The Bertz CT molecular complexity index is 194. The van der Waals surface area contributed by atoms with Crippen molar-refractivity contribution in [2.24, 2.45) is 0 Å². The van der Waals surface area contributed by atoms with E-state index in [1.54, 1.807) is 4.90 Å². The van der Waals surface area contributed by atoms with E-state index in [0.717, 1.165) is 0 Å². The molecule has 0 bridgehead atoms. The topological polar surface area (TPSA) is 55.3 Å². The SMILES string of the molecule is CN(C)c1ncc(N)o1. The first kappa shape index (κ1) is 5.94. The minimum Gasteiger partial charge on any atom is -0.408 e. The molecule has 0 radical (unpaired) electrons. The van der Waals surface area contributed by atoms with Gasteiger partial charge in [-0.3, -0.25) is 0 Å². The van der Waals surface area contributed by atoms with E-state index in [1.165, 1.54) is 6.20 Å². The lowest BCUT2D eigenvalue weighted by molar-refractivity contribution is 0.574. The molecule has 1 heterocycles. The second kappa shape index (κ2) is 1.97. The van der Waals surface area contributed by atoms with Gasteiger partial charge in [0.05, 0.1) is 6.20 Å². The van der Waals surface area contributed by atoms with Crippen LogP contribution in [0.15, 0.2) is 10.6 Å². The van der Waals surface area contributed by atoms with Crippen LogP contribution in [0.4, 0.5) is 11.9 Å². The highest BCUT2D eigenvalue weighted by molar-refractivity contribution is 5.30. The molecule has 0 atom stereocenters. The largest absolute Gasteiger partial charge is 0.408 e. The fourth-order valence-electron chi connectivity index (χ4n) is 0.484. The van der Waals surface area contributed by atoms with E-state index in [0.29, 0.717) is 11.9 Å². The van der Waals surface area contributed by atoms with Gasteiger partial charge in [0.25, 0.3) is 6.01 Å². The number of nitrogens with two attached hydrogens (primary N) is 1. The van der Waals surface area contributed by atoms with Gasteiger partial charge in [0.2, 0.25) is 5.88 Å². The number of rotatable bonds is 1. The standard InChI is InChI=1S/C5H9N3O/c1-8(2)5-7-3-4(6)9-5/h3H,6H2,1-2H3. The van der Waals surface area contributed by atoms with Crippen LogP contribution in [0, 0.1) is 0 Å². The molecule has 0 saturated carbocycles. The van der Waals surface area contributed by atoms with Gasteiger partial charge in [0.15, 0.2) is 0 Å². The molecule has 0 spiro atoms. The third-order valence-corrected chi connectivity index (χ3v) is 0.894. The predicted octanol–water partition coefficient (Wildman–Crippen LogP) is 0.323. The lowest BCUT2D eigenvalue weighted by Crippen LogP contribution is -2.08. The third kappa shape index (κ3) is 1.13. The number of hydrogen-bond donors (Lipinski definition) is 1. The molecule has 0 aromatic carbocycles. The first-order valence-electron chi connectivity index (χ1n) is 2.59. The zero-order chi connectivity index (χ0) is 6.85. The molecule has 0 aliphatic heterocycles. The highest BCUT2D eigenvalue weighted by Gasteiger charge is 1.99. The third-order valence-electron chi connectivity index (χ3n) is 0.894. The van der Waals surface area contributed by atoms with Gasteiger partial charge in [-0.15, -0.1) is 0 Å². The molecular formula is C5H9N3O. The molecular weight excluding hydrogens is 118 g/mol. The van der Waals surface area contributed by atoms with E-state index >= 15 is 0 Å². The average Bonchev–Trinajstić information content (AvgIpc) is 2.14. The molecule has 2 N–H and O–H groups in total. The Labute approximate surface area is 53.3 Å². The maximum absolute atomic E-state index is 5.26. The lowest BCUT2D eigenvalue weighted by atomic mass is 10.8. The first-order chi connectivity index (χ1) is 4.20. The molecule has 50 valence electrons. The molecule has 0 unspecified atom stereocenters. The molecule has 1 rings (SSSR count). The minimum absolute atomic E-state index is 0.346. The molecule has 4 heteroatoms. The van der Waals surface area contributed by atoms with Gasteiger partial charge in [0, 0.05) is 14.1 Å². The van der Waals surface area contributed by atoms with Crippen molar-refractivity contribution in [2.45, 2.75) is 0 Å². The highest BCUT2D eigenvalue weighted by atomic mass is 16.4. The van der Waals surface area contributed by atoms with Gasteiger partial charge < -0.3 is 15.1 Å². The molecule has 0 fully saturated rings. The Hall–Kier alpha value is -1.19. The van der Waals surface area contributed by atoms with Crippen LogP contribution in [-0.2, 0) is 0 Å². The van der Waals surface area contributed by atoms with E-state index in [2.05, 4.69) is 4.98 Å². The Morgan fingerprint density at radius 3 is 2.56 bits per heavy atom. The summed E-state index contributed by atoms with van der Waals surface area (Å²) in [5.41, 5.74) is 5.26. The summed E-state index contributed by atoms with van der Waals surface area (Å²) in [4.78, 5) is 5.60. The van der Waals surface area contributed by atoms with Crippen LogP contribution in [-0.4, -0.2) is 19.1 Å². The Balaban J connectivity index is 2.85. The maximum Gasteiger partial charge on any atom is 0.298 e. The summed E-state index contributed by atoms with van der Waals surface area (Å²) in [5.74, 6) is 0.346. The molecule has 1 aromatic heterocycles. The van der Waals surface area contributed by atoms with Crippen LogP contribution in [0.3, 0.4) is 0 Å². The van der Waals surface area contributed by atoms with Gasteiger partial charge in [-0.05, 0) is 0 Å². The summed E-state index contributed by atoms with van der Waals surface area (Å²) in [5, 5.41) is 0. The second-order valence-electron chi connectivity index (χ2n) is 1.94. The van der Waals surface area contributed by atoms with Crippen LogP contribution in [0.2, 0.25) is 0 Å².